The average Bonchev–Trinajstić information content (AvgIpc) is 2.59. The van der Waals surface area contributed by atoms with Gasteiger partial charge in [-0.15, -0.1) is 0 Å². The molecule has 2 heterocycles. The lowest BCUT2D eigenvalue weighted by Crippen LogP contribution is -2.89. The molecule has 7 aliphatic rings. The number of ketones is 1. The number of ether oxygens (including phenoxy) is 2. The number of carbonyl (C=O) groups is 1. The summed E-state index contributed by atoms with van der Waals surface area (Å²) in [4.78, 5) is 13.8. The topological polar surface area (TPSA) is 76.0 Å². The largest absolute Gasteiger partial charge is 0.387 e. The summed E-state index contributed by atoms with van der Waals surface area (Å²) in [6.07, 6.45) is 6.40. The van der Waals surface area contributed by atoms with Gasteiger partial charge in [-0.1, -0.05) is 31.6 Å². The van der Waals surface area contributed by atoms with Crippen molar-refractivity contribution in [2.45, 2.75) is 71.6 Å². The fraction of sp³-hybridized carbons (Fsp3) is 0.792. The van der Waals surface area contributed by atoms with E-state index in [9.17, 15) is 15.0 Å². The van der Waals surface area contributed by atoms with Crippen LogP contribution >= 0.6 is 0 Å². The predicted molar refractivity (Wildman–Crippen MR) is 105 cm³/mol. The number of hydrogen-bond donors (Lipinski definition) is 2. The highest BCUT2D eigenvalue weighted by Gasteiger charge is 2.89. The Hall–Kier alpha value is -1.01. The molecule has 2 saturated heterocycles. The third kappa shape index (κ3) is 1.69. The highest BCUT2D eigenvalue weighted by Crippen LogP contribution is 2.82. The van der Waals surface area contributed by atoms with Crippen molar-refractivity contribution in [3.8, 4) is 0 Å². The smallest absolute Gasteiger partial charge is 0.211 e. The second-order valence-corrected chi connectivity index (χ2v) is 11.6. The van der Waals surface area contributed by atoms with Crippen LogP contribution in [0.1, 0.15) is 53.9 Å². The van der Waals surface area contributed by atoms with E-state index in [2.05, 4.69) is 32.9 Å². The number of Topliss-reactive ketones (excluding diaryl/α,β-unsaturated/α-hetero) is 1. The van der Waals surface area contributed by atoms with Crippen molar-refractivity contribution in [2.75, 3.05) is 6.61 Å². The Morgan fingerprint density at radius 3 is 2.69 bits per heavy atom. The number of rotatable bonds is 2. The van der Waals surface area contributed by atoms with Crippen molar-refractivity contribution < 1.29 is 24.5 Å². The summed E-state index contributed by atoms with van der Waals surface area (Å²) >= 11 is 0. The van der Waals surface area contributed by atoms with Crippen LogP contribution < -0.4 is 0 Å². The van der Waals surface area contributed by atoms with Gasteiger partial charge in [-0.2, -0.15) is 0 Å². The van der Waals surface area contributed by atoms with Gasteiger partial charge >= 0.3 is 0 Å². The van der Waals surface area contributed by atoms with Crippen molar-refractivity contribution >= 4 is 5.78 Å². The molecule has 0 aromatic heterocycles. The van der Waals surface area contributed by atoms with E-state index in [1.54, 1.807) is 13.8 Å². The Labute approximate surface area is 172 Å². The molecule has 7 rings (SSSR count). The van der Waals surface area contributed by atoms with Crippen molar-refractivity contribution in [3.05, 3.63) is 23.3 Å². The molecular weight excluding hydrogens is 368 g/mol. The summed E-state index contributed by atoms with van der Waals surface area (Å²) in [6, 6.07) is 0. The normalized spacial score (nSPS) is 53.6. The highest BCUT2D eigenvalue weighted by molar-refractivity contribution is 6.12. The molecule has 2 N–H and O–H groups in total. The van der Waals surface area contributed by atoms with Gasteiger partial charge in [0.25, 0.3) is 0 Å². The van der Waals surface area contributed by atoms with Gasteiger partial charge in [0, 0.05) is 22.8 Å². The molecular formula is C24H32O5. The molecule has 0 amide bonds. The van der Waals surface area contributed by atoms with Crippen LogP contribution in [0.4, 0.5) is 0 Å². The van der Waals surface area contributed by atoms with E-state index in [-0.39, 0.29) is 34.4 Å². The number of fused-ring (bicyclic) bond motifs is 1. The number of hydrogen-bond acceptors (Lipinski definition) is 5. The van der Waals surface area contributed by atoms with E-state index in [4.69, 9.17) is 9.47 Å². The number of aliphatic hydroxyl groups is 2. The first-order chi connectivity index (χ1) is 13.4. The lowest BCUT2D eigenvalue weighted by Gasteiger charge is -2.81. The summed E-state index contributed by atoms with van der Waals surface area (Å²) in [6.45, 7) is 10.0. The molecule has 5 heteroatoms. The fourth-order valence-electron chi connectivity index (χ4n) is 8.87. The molecule has 3 saturated carbocycles. The maximum atomic E-state index is 13.8. The van der Waals surface area contributed by atoms with Gasteiger partial charge in [-0.05, 0) is 57.3 Å². The van der Waals surface area contributed by atoms with Gasteiger partial charge in [-0.3, -0.25) is 4.79 Å². The van der Waals surface area contributed by atoms with Crippen LogP contribution in [0.3, 0.4) is 0 Å². The minimum Gasteiger partial charge on any atom is -0.387 e. The van der Waals surface area contributed by atoms with Crippen LogP contribution in [0, 0.1) is 39.9 Å². The highest BCUT2D eigenvalue weighted by atomic mass is 16.8. The zero-order chi connectivity index (χ0) is 20.8. The summed E-state index contributed by atoms with van der Waals surface area (Å²) < 4.78 is 12.7. The van der Waals surface area contributed by atoms with Crippen LogP contribution in [0.5, 0.6) is 0 Å². The van der Waals surface area contributed by atoms with Gasteiger partial charge < -0.3 is 19.7 Å². The molecule has 2 bridgehead atoms. The Morgan fingerprint density at radius 2 is 2.00 bits per heavy atom. The molecule has 8 unspecified atom stereocenters. The van der Waals surface area contributed by atoms with Crippen molar-refractivity contribution in [2.24, 2.45) is 39.9 Å². The zero-order valence-corrected chi connectivity index (χ0v) is 18.0. The molecule has 2 aliphatic heterocycles. The van der Waals surface area contributed by atoms with E-state index >= 15 is 0 Å². The Kier molecular flexibility index (Phi) is 3.17. The Bertz CT molecular complexity index is 893. The van der Waals surface area contributed by atoms with Gasteiger partial charge in [0.2, 0.25) is 5.79 Å². The summed E-state index contributed by atoms with van der Waals surface area (Å²) in [5.74, 6) is -2.47. The van der Waals surface area contributed by atoms with Crippen LogP contribution in [0.2, 0.25) is 0 Å². The maximum absolute atomic E-state index is 13.8. The van der Waals surface area contributed by atoms with Gasteiger partial charge in [0.15, 0.2) is 11.6 Å². The maximum Gasteiger partial charge on any atom is 0.211 e. The predicted octanol–water partition coefficient (Wildman–Crippen LogP) is 2.96. The first-order valence-corrected chi connectivity index (χ1v) is 11.1. The van der Waals surface area contributed by atoms with Crippen molar-refractivity contribution in [3.63, 3.8) is 0 Å². The molecule has 2 spiro atoms. The summed E-state index contributed by atoms with van der Waals surface area (Å²) in [5.41, 5.74) is 0.754. The van der Waals surface area contributed by atoms with Crippen LogP contribution in [-0.2, 0) is 14.3 Å². The first-order valence-electron chi connectivity index (χ1n) is 11.1. The van der Waals surface area contributed by atoms with E-state index in [0.717, 1.165) is 24.8 Å². The fourth-order valence-corrected chi connectivity index (χ4v) is 8.87. The van der Waals surface area contributed by atoms with Gasteiger partial charge in [0.05, 0.1) is 6.61 Å². The van der Waals surface area contributed by atoms with E-state index in [1.807, 2.05) is 0 Å². The number of allylic oxidation sites excluding steroid dienone is 3. The molecule has 158 valence electrons. The van der Waals surface area contributed by atoms with E-state index in [1.165, 1.54) is 5.57 Å². The minimum atomic E-state index is -1.52. The molecule has 0 aromatic rings. The minimum absolute atomic E-state index is 0.0703. The lowest BCUT2D eigenvalue weighted by atomic mass is 9.26. The average molecular weight is 401 g/mol. The molecule has 5 fully saturated rings. The zero-order valence-electron chi connectivity index (χ0n) is 18.0. The molecule has 5 aliphatic carbocycles. The molecule has 5 nitrogen and oxygen atoms in total. The standard InChI is InChI=1S/C24H32O5/c1-12-13-7-8-14-22-10-6-9-20(2,3)17(22)19(26)24(28-11-22,29-21(4,5)27)23(14)16(13)15(12)18(23)25/h6,10,13-14,16-17,19,26-27H,7-9,11H2,1-5H3. The molecule has 29 heavy (non-hydrogen) atoms. The molecule has 0 radical (unpaired) electrons. The van der Waals surface area contributed by atoms with Crippen LogP contribution in [0.25, 0.3) is 0 Å². The molecule has 0 aromatic carbocycles. The monoisotopic (exact) mass is 400 g/mol. The quantitative estimate of drug-likeness (QED) is 0.551. The SMILES string of the molecule is CC1=C2C(=O)C34C2C1CCC3C12C=CCC(C)(C)C1C(O)C4(OC(C)(C)O)OC2. The third-order valence-electron chi connectivity index (χ3n) is 9.48. The second-order valence-electron chi connectivity index (χ2n) is 11.6. The van der Waals surface area contributed by atoms with Gasteiger partial charge in [-0.25, -0.2) is 0 Å². The second kappa shape index (κ2) is 4.90. The van der Waals surface area contributed by atoms with Crippen LogP contribution in [-0.4, -0.2) is 40.3 Å². The molecule has 8 atom stereocenters. The number of aliphatic hydroxyl groups excluding tert-OH is 1. The van der Waals surface area contributed by atoms with Crippen LogP contribution in [0.15, 0.2) is 23.3 Å². The third-order valence-corrected chi connectivity index (χ3v) is 9.48. The van der Waals surface area contributed by atoms with Gasteiger partial charge in [0.1, 0.15) is 11.5 Å². The summed E-state index contributed by atoms with van der Waals surface area (Å²) in [7, 11) is 0. The van der Waals surface area contributed by atoms with Crippen molar-refractivity contribution in [1.29, 1.82) is 0 Å². The number of carbonyl (C=O) groups excluding carboxylic acids is 1. The summed E-state index contributed by atoms with van der Waals surface area (Å²) in [5, 5.41) is 22.6. The van der Waals surface area contributed by atoms with Crippen molar-refractivity contribution in [1.82, 2.24) is 0 Å². The Morgan fingerprint density at radius 1 is 1.28 bits per heavy atom. The van der Waals surface area contributed by atoms with E-state index in [0.29, 0.717) is 12.5 Å². The first kappa shape index (κ1) is 18.7. The lowest BCUT2D eigenvalue weighted by molar-refractivity contribution is -0.485. The van der Waals surface area contributed by atoms with E-state index < -0.39 is 23.1 Å². The Balaban J connectivity index is 1.63.